The molecule has 8 heteroatoms. The van der Waals surface area contributed by atoms with E-state index in [1.807, 2.05) is 18.2 Å². The van der Waals surface area contributed by atoms with E-state index in [9.17, 15) is 8.42 Å². The van der Waals surface area contributed by atoms with Gasteiger partial charge in [0.05, 0.1) is 18.0 Å². The van der Waals surface area contributed by atoms with E-state index in [2.05, 4.69) is 14.4 Å². The minimum Gasteiger partial charge on any atom is -0.399 e. The van der Waals surface area contributed by atoms with Crippen molar-refractivity contribution in [3.05, 3.63) is 42.3 Å². The zero-order valence-corrected chi connectivity index (χ0v) is 12.3. The van der Waals surface area contributed by atoms with Gasteiger partial charge in [-0.1, -0.05) is 11.2 Å². The summed E-state index contributed by atoms with van der Waals surface area (Å²) in [7, 11) is -3.32. The van der Waals surface area contributed by atoms with Crippen LogP contribution in [0.1, 0.15) is 5.69 Å². The SMILES string of the molecule is Nc1cccc(SCCS(=O)(=O)NCc2ccon2)c1. The lowest BCUT2D eigenvalue weighted by atomic mass is 10.3. The van der Waals surface area contributed by atoms with Gasteiger partial charge in [-0.15, -0.1) is 11.8 Å². The van der Waals surface area contributed by atoms with E-state index in [1.54, 1.807) is 12.1 Å². The fourth-order valence-corrected chi connectivity index (χ4v) is 3.81. The number of hydrogen-bond acceptors (Lipinski definition) is 6. The van der Waals surface area contributed by atoms with Crippen LogP contribution in [0.5, 0.6) is 0 Å². The molecular formula is C12H15N3O3S2. The van der Waals surface area contributed by atoms with Crippen molar-refractivity contribution in [2.24, 2.45) is 0 Å². The predicted octanol–water partition coefficient (Wildman–Crippen LogP) is 1.47. The van der Waals surface area contributed by atoms with Crippen molar-refractivity contribution in [3.8, 4) is 0 Å². The first kappa shape index (κ1) is 14.9. The van der Waals surface area contributed by atoms with Crippen LogP contribution in [-0.4, -0.2) is 25.1 Å². The summed E-state index contributed by atoms with van der Waals surface area (Å²) in [5, 5.41) is 3.64. The first-order valence-corrected chi connectivity index (χ1v) is 8.54. The van der Waals surface area contributed by atoms with Crippen molar-refractivity contribution in [1.82, 2.24) is 9.88 Å². The number of thioether (sulfide) groups is 1. The van der Waals surface area contributed by atoms with Crippen LogP contribution < -0.4 is 10.5 Å². The van der Waals surface area contributed by atoms with Gasteiger partial charge >= 0.3 is 0 Å². The Balaban J connectivity index is 1.77. The second kappa shape index (κ2) is 6.78. The highest BCUT2D eigenvalue weighted by Crippen LogP contribution is 2.20. The molecule has 0 aliphatic heterocycles. The monoisotopic (exact) mass is 313 g/mol. The minimum atomic E-state index is -3.32. The minimum absolute atomic E-state index is 0.0321. The van der Waals surface area contributed by atoms with Gasteiger partial charge in [0.1, 0.15) is 6.26 Å². The first-order valence-electron chi connectivity index (χ1n) is 5.90. The normalized spacial score (nSPS) is 11.6. The third-order valence-corrected chi connectivity index (χ3v) is 5.02. The number of aromatic nitrogens is 1. The van der Waals surface area contributed by atoms with Gasteiger partial charge in [-0.05, 0) is 18.2 Å². The molecule has 0 amide bonds. The topological polar surface area (TPSA) is 98.2 Å². The highest BCUT2D eigenvalue weighted by atomic mass is 32.2. The molecule has 0 saturated carbocycles. The molecule has 0 atom stereocenters. The molecule has 6 nitrogen and oxygen atoms in total. The van der Waals surface area contributed by atoms with Gasteiger partial charge in [0.15, 0.2) is 0 Å². The number of nitrogens with two attached hydrogens (primary N) is 1. The summed E-state index contributed by atoms with van der Waals surface area (Å²) in [5.74, 6) is 0.488. The fourth-order valence-electron chi connectivity index (χ4n) is 1.46. The van der Waals surface area contributed by atoms with Crippen LogP contribution in [-0.2, 0) is 16.6 Å². The average Bonchev–Trinajstić information content (AvgIpc) is 2.89. The van der Waals surface area contributed by atoms with Gasteiger partial charge in [-0.25, -0.2) is 13.1 Å². The molecular weight excluding hydrogens is 298 g/mol. The predicted molar refractivity (Wildman–Crippen MR) is 78.7 cm³/mol. The third-order valence-electron chi connectivity index (χ3n) is 2.44. The van der Waals surface area contributed by atoms with E-state index in [0.717, 1.165) is 4.90 Å². The highest BCUT2D eigenvalue weighted by Gasteiger charge is 2.11. The maximum Gasteiger partial charge on any atom is 0.212 e. The van der Waals surface area contributed by atoms with Crippen LogP contribution in [0.4, 0.5) is 5.69 Å². The summed E-state index contributed by atoms with van der Waals surface area (Å²) in [6, 6.07) is 8.97. The van der Waals surface area contributed by atoms with Crippen LogP contribution in [0.2, 0.25) is 0 Å². The van der Waals surface area contributed by atoms with Gasteiger partial charge in [-0.2, -0.15) is 0 Å². The van der Waals surface area contributed by atoms with Crippen molar-refractivity contribution in [1.29, 1.82) is 0 Å². The third kappa shape index (κ3) is 4.87. The van der Waals surface area contributed by atoms with E-state index in [0.29, 0.717) is 17.1 Å². The van der Waals surface area contributed by atoms with Gasteiger partial charge in [0.2, 0.25) is 10.0 Å². The number of sulfonamides is 1. The zero-order chi connectivity index (χ0) is 14.4. The van der Waals surface area contributed by atoms with E-state index in [1.165, 1.54) is 18.0 Å². The first-order chi connectivity index (χ1) is 9.55. The number of anilines is 1. The van der Waals surface area contributed by atoms with Crippen molar-refractivity contribution in [2.75, 3.05) is 17.2 Å². The molecule has 1 aromatic carbocycles. The van der Waals surface area contributed by atoms with Crippen LogP contribution in [0.25, 0.3) is 0 Å². The van der Waals surface area contributed by atoms with Gasteiger partial charge < -0.3 is 10.3 Å². The molecule has 1 aromatic heterocycles. The van der Waals surface area contributed by atoms with Crippen LogP contribution in [0.15, 0.2) is 46.0 Å². The van der Waals surface area contributed by atoms with Gasteiger partial charge in [0.25, 0.3) is 0 Å². The molecule has 20 heavy (non-hydrogen) atoms. The summed E-state index contributed by atoms with van der Waals surface area (Å²) in [5.41, 5.74) is 6.88. The second-order valence-corrected chi connectivity index (χ2v) is 7.15. The fraction of sp³-hybridized carbons (Fsp3) is 0.250. The molecule has 0 aliphatic carbocycles. The molecule has 3 N–H and O–H groups in total. The number of benzene rings is 1. The largest absolute Gasteiger partial charge is 0.399 e. The maximum absolute atomic E-state index is 11.8. The number of nitrogens with zero attached hydrogens (tertiary/aromatic N) is 1. The van der Waals surface area contributed by atoms with Crippen LogP contribution >= 0.6 is 11.8 Å². The quantitative estimate of drug-likeness (QED) is 0.593. The Morgan fingerprint density at radius 1 is 1.35 bits per heavy atom. The Hall–Kier alpha value is -1.51. The Kier molecular flexibility index (Phi) is 5.05. The van der Waals surface area contributed by atoms with E-state index >= 15 is 0 Å². The smallest absolute Gasteiger partial charge is 0.212 e. The standard InChI is InChI=1S/C12H15N3O3S2/c13-10-2-1-3-12(8-10)19-6-7-20(16,17)14-9-11-4-5-18-15-11/h1-5,8,14H,6-7,9,13H2. The number of rotatable bonds is 7. The molecule has 2 rings (SSSR count). The summed E-state index contributed by atoms with van der Waals surface area (Å²) in [4.78, 5) is 0.955. The van der Waals surface area contributed by atoms with Crippen LogP contribution in [0.3, 0.4) is 0 Å². The summed E-state index contributed by atoms with van der Waals surface area (Å²) >= 11 is 1.45. The second-order valence-electron chi connectivity index (χ2n) is 4.05. The maximum atomic E-state index is 11.8. The van der Waals surface area contributed by atoms with Gasteiger partial charge in [-0.3, -0.25) is 0 Å². The highest BCUT2D eigenvalue weighted by molar-refractivity contribution is 8.00. The van der Waals surface area contributed by atoms with Crippen LogP contribution in [0, 0.1) is 0 Å². The molecule has 0 spiro atoms. The molecule has 0 fully saturated rings. The van der Waals surface area contributed by atoms with Gasteiger partial charge in [0, 0.05) is 22.4 Å². The van der Waals surface area contributed by atoms with Crippen molar-refractivity contribution in [3.63, 3.8) is 0 Å². The number of nitrogen functional groups attached to an aromatic ring is 1. The summed E-state index contributed by atoms with van der Waals surface area (Å²) in [6.45, 7) is 0.141. The Morgan fingerprint density at radius 3 is 2.90 bits per heavy atom. The molecule has 0 bridgehead atoms. The number of nitrogens with one attached hydrogen (secondary N) is 1. The lowest BCUT2D eigenvalue weighted by Gasteiger charge is -2.05. The molecule has 0 aliphatic rings. The van der Waals surface area contributed by atoms with E-state index in [-0.39, 0.29) is 12.3 Å². The lowest BCUT2D eigenvalue weighted by molar-refractivity contribution is 0.411. The van der Waals surface area contributed by atoms with Crippen molar-refractivity contribution < 1.29 is 12.9 Å². The number of hydrogen-bond donors (Lipinski definition) is 2. The van der Waals surface area contributed by atoms with Crippen molar-refractivity contribution in [2.45, 2.75) is 11.4 Å². The molecule has 0 radical (unpaired) electrons. The Morgan fingerprint density at radius 2 is 2.20 bits per heavy atom. The molecule has 0 unspecified atom stereocenters. The molecule has 2 aromatic rings. The van der Waals surface area contributed by atoms with E-state index in [4.69, 9.17) is 5.73 Å². The lowest BCUT2D eigenvalue weighted by Crippen LogP contribution is -2.27. The summed E-state index contributed by atoms with van der Waals surface area (Å²) in [6.07, 6.45) is 1.40. The Labute approximate surface area is 121 Å². The molecule has 108 valence electrons. The molecule has 1 heterocycles. The zero-order valence-electron chi connectivity index (χ0n) is 10.7. The van der Waals surface area contributed by atoms with E-state index < -0.39 is 10.0 Å². The summed E-state index contributed by atoms with van der Waals surface area (Å²) < 4.78 is 30.7. The average molecular weight is 313 g/mol. The Bertz CT molecular complexity index is 642. The van der Waals surface area contributed by atoms with Crippen molar-refractivity contribution >= 4 is 27.5 Å². The molecule has 0 saturated heterocycles.